The Morgan fingerprint density at radius 3 is 2.85 bits per heavy atom. The molecular formula is C12H17N. The lowest BCUT2D eigenvalue weighted by atomic mass is 9.85. The summed E-state index contributed by atoms with van der Waals surface area (Å²) in [7, 11) is 0. The number of hydrogen-bond acceptors (Lipinski definition) is 1. The molecule has 0 radical (unpaired) electrons. The zero-order valence-electron chi connectivity index (χ0n) is 8.29. The fourth-order valence-corrected chi connectivity index (χ4v) is 1.70. The van der Waals surface area contributed by atoms with Crippen molar-refractivity contribution in [1.29, 1.82) is 0 Å². The first-order chi connectivity index (χ1) is 6.27. The molecule has 0 aromatic rings. The fourth-order valence-electron chi connectivity index (χ4n) is 1.70. The zero-order chi connectivity index (χ0) is 9.68. The van der Waals surface area contributed by atoms with Crippen LogP contribution in [0.3, 0.4) is 0 Å². The molecular weight excluding hydrogens is 158 g/mol. The Kier molecular flexibility index (Phi) is 3.69. The van der Waals surface area contributed by atoms with Crippen molar-refractivity contribution in [3.8, 4) is 0 Å². The maximum absolute atomic E-state index is 4.28. The number of allylic oxidation sites excluding steroid dienone is 3. The van der Waals surface area contributed by atoms with E-state index in [4.69, 9.17) is 0 Å². The zero-order valence-corrected chi connectivity index (χ0v) is 8.29. The van der Waals surface area contributed by atoms with Gasteiger partial charge in [0, 0.05) is 11.9 Å². The van der Waals surface area contributed by atoms with Crippen molar-refractivity contribution >= 4 is 5.71 Å². The number of aliphatic imine (C=N–C) groups is 1. The standard InChI is InChI=1S/C12H17N/c1-4-6-11-9-10(3)7-8-12(11)13-5-2/h4-6,10H,1-2,7-9H2,3H3/b11-6-,13-12?. The molecule has 0 amide bonds. The molecule has 0 saturated heterocycles. The van der Waals surface area contributed by atoms with Gasteiger partial charge in [0.25, 0.3) is 0 Å². The highest BCUT2D eigenvalue weighted by Gasteiger charge is 2.17. The van der Waals surface area contributed by atoms with E-state index in [9.17, 15) is 0 Å². The van der Waals surface area contributed by atoms with Crippen molar-refractivity contribution in [2.24, 2.45) is 10.9 Å². The average Bonchev–Trinajstić information content (AvgIpc) is 2.10. The SMILES string of the molecule is C=C/C=C1/CC(C)CCC1=NC=C. The largest absolute Gasteiger partial charge is 0.262 e. The van der Waals surface area contributed by atoms with Crippen LogP contribution < -0.4 is 0 Å². The molecule has 0 N–H and O–H groups in total. The summed E-state index contributed by atoms with van der Waals surface area (Å²) in [5.74, 6) is 0.773. The van der Waals surface area contributed by atoms with Gasteiger partial charge in [-0.05, 0) is 30.8 Å². The van der Waals surface area contributed by atoms with Crippen LogP contribution in [0.5, 0.6) is 0 Å². The molecule has 1 atom stereocenters. The Labute approximate surface area is 80.6 Å². The second kappa shape index (κ2) is 4.80. The van der Waals surface area contributed by atoms with Crippen LogP contribution in [0.1, 0.15) is 26.2 Å². The summed E-state index contributed by atoms with van der Waals surface area (Å²) in [5, 5.41) is 0. The van der Waals surface area contributed by atoms with Crippen molar-refractivity contribution in [2.45, 2.75) is 26.2 Å². The molecule has 1 fully saturated rings. The summed E-state index contributed by atoms with van der Waals surface area (Å²) in [6, 6.07) is 0. The van der Waals surface area contributed by atoms with Crippen LogP contribution >= 0.6 is 0 Å². The highest BCUT2D eigenvalue weighted by atomic mass is 14.7. The first-order valence-corrected chi connectivity index (χ1v) is 4.77. The lowest BCUT2D eigenvalue weighted by molar-refractivity contribution is 0.527. The Bertz CT molecular complexity index is 258. The fraction of sp³-hybridized carbons (Fsp3) is 0.417. The lowest BCUT2D eigenvalue weighted by Gasteiger charge is -2.21. The van der Waals surface area contributed by atoms with E-state index in [1.54, 1.807) is 6.20 Å². The third-order valence-corrected chi connectivity index (χ3v) is 2.38. The molecule has 0 aliphatic heterocycles. The second-order valence-electron chi connectivity index (χ2n) is 3.53. The van der Waals surface area contributed by atoms with Gasteiger partial charge in [0.2, 0.25) is 0 Å². The number of hydrogen-bond donors (Lipinski definition) is 0. The van der Waals surface area contributed by atoms with E-state index in [1.165, 1.54) is 17.7 Å². The first kappa shape index (κ1) is 9.97. The van der Waals surface area contributed by atoms with E-state index >= 15 is 0 Å². The molecule has 0 bridgehead atoms. The van der Waals surface area contributed by atoms with Gasteiger partial charge in [0.05, 0.1) is 0 Å². The van der Waals surface area contributed by atoms with E-state index in [0.717, 1.165) is 18.8 Å². The molecule has 0 aromatic heterocycles. The highest BCUT2D eigenvalue weighted by Crippen LogP contribution is 2.26. The molecule has 1 aliphatic carbocycles. The van der Waals surface area contributed by atoms with E-state index < -0.39 is 0 Å². The van der Waals surface area contributed by atoms with E-state index in [0.29, 0.717) is 0 Å². The molecule has 13 heavy (non-hydrogen) atoms. The summed E-state index contributed by atoms with van der Waals surface area (Å²) in [5.41, 5.74) is 2.52. The minimum Gasteiger partial charge on any atom is -0.262 e. The molecule has 0 spiro atoms. The van der Waals surface area contributed by atoms with Gasteiger partial charge in [-0.15, -0.1) is 0 Å². The van der Waals surface area contributed by atoms with Gasteiger partial charge in [0.1, 0.15) is 0 Å². The molecule has 1 rings (SSSR count). The van der Waals surface area contributed by atoms with Crippen LogP contribution in [-0.4, -0.2) is 5.71 Å². The van der Waals surface area contributed by atoms with Gasteiger partial charge >= 0.3 is 0 Å². The average molecular weight is 175 g/mol. The second-order valence-corrected chi connectivity index (χ2v) is 3.53. The van der Waals surface area contributed by atoms with Crippen LogP contribution in [0.2, 0.25) is 0 Å². The highest BCUT2D eigenvalue weighted by molar-refractivity contribution is 6.01. The molecule has 70 valence electrons. The molecule has 0 heterocycles. The smallest absolute Gasteiger partial charge is 0.0435 e. The van der Waals surface area contributed by atoms with Crippen LogP contribution in [0.4, 0.5) is 0 Å². The van der Waals surface area contributed by atoms with Crippen LogP contribution in [-0.2, 0) is 0 Å². The third-order valence-electron chi connectivity index (χ3n) is 2.38. The van der Waals surface area contributed by atoms with Crippen molar-refractivity contribution in [1.82, 2.24) is 0 Å². The molecule has 1 unspecified atom stereocenters. The molecule has 1 heteroatoms. The third kappa shape index (κ3) is 2.69. The van der Waals surface area contributed by atoms with Gasteiger partial charge in [-0.1, -0.05) is 32.2 Å². The molecule has 0 aromatic carbocycles. The summed E-state index contributed by atoms with van der Waals surface area (Å²) >= 11 is 0. The summed E-state index contributed by atoms with van der Waals surface area (Å²) in [6.07, 6.45) is 8.97. The Morgan fingerprint density at radius 1 is 1.46 bits per heavy atom. The lowest BCUT2D eigenvalue weighted by Crippen LogP contribution is -2.14. The predicted octanol–water partition coefficient (Wildman–Crippen LogP) is 3.50. The van der Waals surface area contributed by atoms with Gasteiger partial charge in [-0.3, -0.25) is 4.99 Å². The maximum atomic E-state index is 4.28. The quantitative estimate of drug-likeness (QED) is 0.609. The van der Waals surface area contributed by atoms with Gasteiger partial charge < -0.3 is 0 Å². The topological polar surface area (TPSA) is 12.4 Å². The summed E-state index contributed by atoms with van der Waals surface area (Å²) in [6.45, 7) is 9.62. The number of rotatable bonds is 2. The minimum absolute atomic E-state index is 0.773. The summed E-state index contributed by atoms with van der Waals surface area (Å²) < 4.78 is 0. The van der Waals surface area contributed by atoms with Crippen molar-refractivity contribution < 1.29 is 0 Å². The maximum Gasteiger partial charge on any atom is 0.0435 e. The van der Waals surface area contributed by atoms with Crippen LogP contribution in [0, 0.1) is 5.92 Å². The molecule has 1 aliphatic rings. The van der Waals surface area contributed by atoms with E-state index in [2.05, 4.69) is 31.2 Å². The van der Waals surface area contributed by atoms with Gasteiger partial charge in [0.15, 0.2) is 0 Å². The predicted molar refractivity (Wildman–Crippen MR) is 58.9 cm³/mol. The first-order valence-electron chi connectivity index (χ1n) is 4.77. The van der Waals surface area contributed by atoms with Gasteiger partial charge in [-0.2, -0.15) is 0 Å². The monoisotopic (exact) mass is 175 g/mol. The van der Waals surface area contributed by atoms with Gasteiger partial charge in [-0.25, -0.2) is 0 Å². The molecule has 1 nitrogen and oxygen atoms in total. The van der Waals surface area contributed by atoms with Crippen LogP contribution in [0.15, 0.2) is 42.1 Å². The van der Waals surface area contributed by atoms with Crippen LogP contribution in [0.25, 0.3) is 0 Å². The molecule has 1 saturated carbocycles. The Morgan fingerprint density at radius 2 is 2.23 bits per heavy atom. The number of nitrogens with zero attached hydrogens (tertiary/aromatic N) is 1. The normalized spacial score (nSPS) is 29.2. The summed E-state index contributed by atoms with van der Waals surface area (Å²) in [4.78, 5) is 4.28. The van der Waals surface area contributed by atoms with E-state index in [-0.39, 0.29) is 0 Å². The van der Waals surface area contributed by atoms with Crippen molar-refractivity contribution in [3.05, 3.63) is 37.1 Å². The van der Waals surface area contributed by atoms with Crippen molar-refractivity contribution in [3.63, 3.8) is 0 Å². The van der Waals surface area contributed by atoms with Crippen molar-refractivity contribution in [2.75, 3.05) is 0 Å². The minimum atomic E-state index is 0.773. The Balaban J connectivity index is 2.83. The van der Waals surface area contributed by atoms with E-state index in [1.807, 2.05) is 6.08 Å². The Hall–Kier alpha value is -1.11.